The summed E-state index contributed by atoms with van der Waals surface area (Å²) in [7, 11) is 0. The summed E-state index contributed by atoms with van der Waals surface area (Å²) in [5.74, 6) is 0.983. The van der Waals surface area contributed by atoms with E-state index in [1.54, 1.807) is 0 Å². The molecule has 0 bridgehead atoms. The second kappa shape index (κ2) is 4.71. The minimum atomic E-state index is 0.278. The third-order valence-electron chi connectivity index (χ3n) is 2.40. The van der Waals surface area contributed by atoms with Crippen molar-refractivity contribution in [2.45, 2.75) is 13.8 Å². The smallest absolute Gasteiger partial charge is 0.222 e. The first kappa shape index (κ1) is 11.9. The molecule has 1 heterocycles. The molecule has 0 aliphatic heterocycles. The van der Waals surface area contributed by atoms with E-state index in [0.717, 1.165) is 21.4 Å². The molecule has 0 spiro atoms. The van der Waals surface area contributed by atoms with Crippen molar-refractivity contribution in [1.29, 1.82) is 0 Å². The first-order valence-electron chi connectivity index (χ1n) is 5.19. The zero-order valence-electron chi connectivity index (χ0n) is 9.66. The molecule has 0 saturated carbocycles. The van der Waals surface area contributed by atoms with Gasteiger partial charge in [-0.25, -0.2) is 4.98 Å². The van der Waals surface area contributed by atoms with Gasteiger partial charge in [-0.15, -0.1) is 0 Å². The highest BCUT2D eigenvalue weighted by Crippen LogP contribution is 2.26. The molecule has 17 heavy (non-hydrogen) atoms. The number of nitrogen functional groups attached to an aromatic ring is 1. The molecule has 5 heteroatoms. The van der Waals surface area contributed by atoms with Crippen LogP contribution in [-0.2, 0) is 0 Å². The van der Waals surface area contributed by atoms with E-state index < -0.39 is 0 Å². The van der Waals surface area contributed by atoms with Crippen LogP contribution >= 0.6 is 15.9 Å². The molecule has 0 saturated heterocycles. The number of hydrogen-bond donors (Lipinski definition) is 2. The molecule has 88 valence electrons. The number of aromatic nitrogens is 2. The molecule has 1 aromatic heterocycles. The van der Waals surface area contributed by atoms with Crippen LogP contribution in [0.1, 0.15) is 11.3 Å². The summed E-state index contributed by atoms with van der Waals surface area (Å²) >= 11 is 3.49. The molecule has 0 unspecified atom stereocenters. The third-order valence-corrected chi connectivity index (χ3v) is 3.26. The van der Waals surface area contributed by atoms with Crippen LogP contribution in [0.2, 0.25) is 0 Å². The van der Waals surface area contributed by atoms with Gasteiger partial charge in [-0.2, -0.15) is 4.98 Å². The average molecular weight is 293 g/mol. The van der Waals surface area contributed by atoms with Gasteiger partial charge in [0.2, 0.25) is 5.95 Å². The Kier molecular flexibility index (Phi) is 3.28. The van der Waals surface area contributed by atoms with Gasteiger partial charge in [-0.3, -0.25) is 0 Å². The van der Waals surface area contributed by atoms with Crippen molar-refractivity contribution >= 4 is 33.4 Å². The van der Waals surface area contributed by atoms with E-state index in [9.17, 15) is 0 Å². The molecule has 0 atom stereocenters. The number of benzene rings is 1. The molecule has 0 amide bonds. The van der Waals surface area contributed by atoms with Gasteiger partial charge in [0.05, 0.1) is 0 Å². The zero-order valence-corrected chi connectivity index (χ0v) is 11.2. The maximum atomic E-state index is 5.61. The highest BCUT2D eigenvalue weighted by Gasteiger charge is 2.04. The Morgan fingerprint density at radius 3 is 2.71 bits per heavy atom. The molecule has 3 N–H and O–H groups in total. The lowest BCUT2D eigenvalue weighted by Crippen LogP contribution is -2.02. The normalized spacial score (nSPS) is 10.3. The number of rotatable bonds is 2. The summed E-state index contributed by atoms with van der Waals surface area (Å²) in [5.41, 5.74) is 8.57. The van der Waals surface area contributed by atoms with E-state index in [1.165, 1.54) is 0 Å². The average Bonchev–Trinajstić information content (AvgIpc) is 2.23. The minimum Gasteiger partial charge on any atom is -0.368 e. The predicted octanol–water partition coefficient (Wildman–Crippen LogP) is 3.18. The lowest BCUT2D eigenvalue weighted by molar-refractivity contribution is 1.12. The summed E-state index contributed by atoms with van der Waals surface area (Å²) in [5, 5.41) is 3.23. The van der Waals surface area contributed by atoms with Crippen molar-refractivity contribution in [3.05, 3.63) is 40.0 Å². The van der Waals surface area contributed by atoms with Crippen LogP contribution in [0.25, 0.3) is 0 Å². The van der Waals surface area contributed by atoms with Crippen LogP contribution in [0.3, 0.4) is 0 Å². The third kappa shape index (κ3) is 2.74. The standard InChI is InChI=1S/C12H13BrN4/c1-7-6-11(17-12(14)15-7)16-10-5-3-4-9(13)8(10)2/h3-6H,1-2H3,(H3,14,15,16,17). The quantitative estimate of drug-likeness (QED) is 0.892. The maximum Gasteiger partial charge on any atom is 0.222 e. The summed E-state index contributed by atoms with van der Waals surface area (Å²) < 4.78 is 1.06. The van der Waals surface area contributed by atoms with Gasteiger partial charge >= 0.3 is 0 Å². The van der Waals surface area contributed by atoms with Crippen molar-refractivity contribution in [2.75, 3.05) is 11.1 Å². The summed E-state index contributed by atoms with van der Waals surface area (Å²) in [4.78, 5) is 8.17. The second-order valence-electron chi connectivity index (χ2n) is 3.79. The molecule has 4 nitrogen and oxygen atoms in total. The van der Waals surface area contributed by atoms with E-state index in [2.05, 4.69) is 31.2 Å². The monoisotopic (exact) mass is 292 g/mol. The van der Waals surface area contributed by atoms with Crippen LogP contribution in [-0.4, -0.2) is 9.97 Å². The fourth-order valence-corrected chi connectivity index (χ4v) is 1.90. The number of nitrogens with zero attached hydrogens (tertiary/aromatic N) is 2. The Hall–Kier alpha value is -1.62. The van der Waals surface area contributed by atoms with Gasteiger partial charge in [-0.1, -0.05) is 22.0 Å². The fraction of sp³-hybridized carbons (Fsp3) is 0.167. The van der Waals surface area contributed by atoms with Crippen LogP contribution in [0, 0.1) is 13.8 Å². The van der Waals surface area contributed by atoms with Gasteiger partial charge in [0.15, 0.2) is 0 Å². The lowest BCUT2D eigenvalue weighted by atomic mass is 10.2. The number of halogens is 1. The van der Waals surface area contributed by atoms with E-state index in [0.29, 0.717) is 5.82 Å². The molecule has 2 aromatic rings. The summed E-state index contributed by atoms with van der Waals surface area (Å²) in [6, 6.07) is 7.82. The Morgan fingerprint density at radius 1 is 1.24 bits per heavy atom. The number of nitrogens with one attached hydrogen (secondary N) is 1. The van der Waals surface area contributed by atoms with Gasteiger partial charge in [0.25, 0.3) is 0 Å². The highest BCUT2D eigenvalue weighted by molar-refractivity contribution is 9.10. The molecule has 0 aliphatic rings. The first-order chi connectivity index (χ1) is 8.06. The SMILES string of the molecule is Cc1cc(Nc2cccc(Br)c2C)nc(N)n1. The van der Waals surface area contributed by atoms with E-state index in [-0.39, 0.29) is 5.95 Å². The zero-order chi connectivity index (χ0) is 12.4. The predicted molar refractivity (Wildman–Crippen MR) is 73.3 cm³/mol. The van der Waals surface area contributed by atoms with Crippen LogP contribution in [0.4, 0.5) is 17.5 Å². The molecule has 1 aromatic carbocycles. The molecular weight excluding hydrogens is 280 g/mol. The molecule has 0 radical (unpaired) electrons. The van der Waals surface area contributed by atoms with Crippen molar-refractivity contribution in [3.8, 4) is 0 Å². The van der Waals surface area contributed by atoms with Crippen molar-refractivity contribution in [2.24, 2.45) is 0 Å². The topological polar surface area (TPSA) is 63.8 Å². The Labute approximate surface area is 108 Å². The number of nitrogens with two attached hydrogens (primary N) is 1. The number of anilines is 3. The van der Waals surface area contributed by atoms with Crippen LogP contribution < -0.4 is 11.1 Å². The summed E-state index contributed by atoms with van der Waals surface area (Å²) in [6.45, 7) is 3.92. The second-order valence-corrected chi connectivity index (χ2v) is 4.64. The summed E-state index contributed by atoms with van der Waals surface area (Å²) in [6.07, 6.45) is 0. The highest BCUT2D eigenvalue weighted by atomic mass is 79.9. The molecular formula is C12H13BrN4. The molecule has 2 rings (SSSR count). The van der Waals surface area contributed by atoms with Crippen LogP contribution in [0.5, 0.6) is 0 Å². The first-order valence-corrected chi connectivity index (χ1v) is 5.99. The fourth-order valence-electron chi connectivity index (χ4n) is 1.54. The Morgan fingerprint density at radius 2 is 2.00 bits per heavy atom. The van der Waals surface area contributed by atoms with Gasteiger partial charge < -0.3 is 11.1 Å². The number of aryl methyl sites for hydroxylation is 1. The van der Waals surface area contributed by atoms with Crippen molar-refractivity contribution < 1.29 is 0 Å². The molecule has 0 fully saturated rings. The Bertz CT molecular complexity index is 534. The van der Waals surface area contributed by atoms with Crippen molar-refractivity contribution in [3.63, 3.8) is 0 Å². The van der Waals surface area contributed by atoms with Crippen LogP contribution in [0.15, 0.2) is 28.7 Å². The van der Waals surface area contributed by atoms with Gasteiger partial charge in [-0.05, 0) is 31.5 Å². The van der Waals surface area contributed by atoms with E-state index in [4.69, 9.17) is 5.73 Å². The minimum absolute atomic E-state index is 0.278. The maximum absolute atomic E-state index is 5.61. The van der Waals surface area contributed by atoms with Gasteiger partial charge in [0, 0.05) is 21.9 Å². The van der Waals surface area contributed by atoms with E-state index in [1.807, 2.05) is 38.1 Å². The van der Waals surface area contributed by atoms with Gasteiger partial charge in [0.1, 0.15) is 5.82 Å². The molecule has 0 aliphatic carbocycles. The Balaban J connectivity index is 2.34. The van der Waals surface area contributed by atoms with E-state index >= 15 is 0 Å². The van der Waals surface area contributed by atoms with Crippen molar-refractivity contribution in [1.82, 2.24) is 9.97 Å². The largest absolute Gasteiger partial charge is 0.368 e. The number of hydrogen-bond acceptors (Lipinski definition) is 4. The lowest BCUT2D eigenvalue weighted by Gasteiger charge is -2.10.